The van der Waals surface area contributed by atoms with Gasteiger partial charge in [-0.25, -0.2) is 4.98 Å². The van der Waals surface area contributed by atoms with E-state index in [0.717, 1.165) is 31.1 Å². The van der Waals surface area contributed by atoms with Crippen LogP contribution in [0.1, 0.15) is 29.5 Å². The number of benzene rings is 1. The minimum atomic E-state index is 0.634. The Morgan fingerprint density at radius 2 is 2.15 bits per heavy atom. The van der Waals surface area contributed by atoms with Crippen LogP contribution in [0, 0.1) is 0 Å². The van der Waals surface area contributed by atoms with Crippen molar-refractivity contribution in [2.45, 2.75) is 38.8 Å². The molecule has 2 aromatic rings. The molecule has 3 nitrogen and oxygen atoms in total. The first-order chi connectivity index (χ1) is 9.85. The van der Waals surface area contributed by atoms with E-state index in [9.17, 15) is 0 Å². The lowest BCUT2D eigenvalue weighted by atomic mass is 9.98. The number of anilines is 1. The Morgan fingerprint density at radius 1 is 1.30 bits per heavy atom. The van der Waals surface area contributed by atoms with Crippen molar-refractivity contribution in [2.75, 3.05) is 11.9 Å². The predicted octanol–water partition coefficient (Wildman–Crippen LogP) is 3.22. The Hall–Kier alpha value is -1.39. The highest BCUT2D eigenvalue weighted by atomic mass is 32.1. The molecule has 1 aliphatic rings. The van der Waals surface area contributed by atoms with Gasteiger partial charge in [-0.1, -0.05) is 37.3 Å². The van der Waals surface area contributed by atoms with Gasteiger partial charge in [-0.3, -0.25) is 0 Å². The molecule has 3 rings (SSSR count). The number of aryl methyl sites for hydroxylation is 1. The van der Waals surface area contributed by atoms with Crippen molar-refractivity contribution in [3.8, 4) is 0 Å². The van der Waals surface area contributed by atoms with E-state index < -0.39 is 0 Å². The van der Waals surface area contributed by atoms with Gasteiger partial charge in [-0.05, 0) is 31.4 Å². The number of hydrogen-bond donors (Lipinski definition) is 2. The minimum absolute atomic E-state index is 0.634. The van der Waals surface area contributed by atoms with E-state index in [1.165, 1.54) is 22.6 Å². The first kappa shape index (κ1) is 13.6. The normalized spacial score (nSPS) is 17.8. The molecule has 1 aliphatic carbocycles. The van der Waals surface area contributed by atoms with Gasteiger partial charge >= 0.3 is 0 Å². The van der Waals surface area contributed by atoms with Gasteiger partial charge in [0.25, 0.3) is 0 Å². The van der Waals surface area contributed by atoms with Gasteiger partial charge in [0.05, 0.1) is 5.69 Å². The zero-order valence-electron chi connectivity index (χ0n) is 11.9. The maximum absolute atomic E-state index is 4.74. The summed E-state index contributed by atoms with van der Waals surface area (Å²) in [5.41, 5.74) is 2.60. The molecule has 4 heteroatoms. The largest absolute Gasteiger partial charge is 0.357 e. The Labute approximate surface area is 124 Å². The number of hydrogen-bond acceptors (Lipinski definition) is 4. The van der Waals surface area contributed by atoms with Crippen molar-refractivity contribution >= 4 is 16.5 Å². The third-order valence-electron chi connectivity index (χ3n) is 3.72. The van der Waals surface area contributed by atoms with Crippen molar-refractivity contribution in [1.82, 2.24) is 10.3 Å². The summed E-state index contributed by atoms with van der Waals surface area (Å²) in [6.07, 6.45) is 3.45. The van der Waals surface area contributed by atoms with Crippen molar-refractivity contribution in [3.05, 3.63) is 46.5 Å². The fourth-order valence-electron chi connectivity index (χ4n) is 2.69. The Morgan fingerprint density at radius 3 is 2.95 bits per heavy atom. The fourth-order valence-corrected chi connectivity index (χ4v) is 3.77. The van der Waals surface area contributed by atoms with Crippen molar-refractivity contribution < 1.29 is 0 Å². The lowest BCUT2D eigenvalue weighted by molar-refractivity contribution is 0.471. The number of nitrogens with one attached hydrogen (secondary N) is 2. The van der Waals surface area contributed by atoms with Crippen LogP contribution in [0.15, 0.2) is 30.3 Å². The summed E-state index contributed by atoms with van der Waals surface area (Å²) in [6.45, 7) is 4.08. The highest BCUT2D eigenvalue weighted by Crippen LogP contribution is 2.30. The summed E-state index contributed by atoms with van der Waals surface area (Å²) in [5, 5.41) is 8.07. The van der Waals surface area contributed by atoms with Gasteiger partial charge < -0.3 is 10.6 Å². The zero-order chi connectivity index (χ0) is 13.8. The molecule has 0 spiro atoms. The Bertz CT molecular complexity index is 550. The van der Waals surface area contributed by atoms with Crippen molar-refractivity contribution in [2.24, 2.45) is 0 Å². The van der Waals surface area contributed by atoms with E-state index in [1.54, 1.807) is 0 Å². The summed E-state index contributed by atoms with van der Waals surface area (Å²) < 4.78 is 0. The van der Waals surface area contributed by atoms with Crippen LogP contribution in [0.2, 0.25) is 0 Å². The zero-order valence-corrected chi connectivity index (χ0v) is 12.7. The number of thiazole rings is 1. The third kappa shape index (κ3) is 3.19. The molecule has 1 unspecified atom stereocenters. The molecule has 0 radical (unpaired) electrons. The molecule has 0 amide bonds. The molecule has 1 aromatic heterocycles. The van der Waals surface area contributed by atoms with Crippen LogP contribution in [-0.2, 0) is 19.4 Å². The van der Waals surface area contributed by atoms with Crippen LogP contribution in [0.25, 0.3) is 0 Å². The number of likely N-dealkylation sites (N-methyl/N-ethyl adjacent to an activating group) is 1. The highest BCUT2D eigenvalue weighted by Gasteiger charge is 2.21. The summed E-state index contributed by atoms with van der Waals surface area (Å²) in [6, 6.07) is 11.1. The standard InChI is InChI=1S/C16H21N3S/c1-2-17-13-8-9-14-15(10-13)20-16(19-14)18-11-12-6-4-3-5-7-12/h3-7,13,17H,2,8-11H2,1H3,(H,18,19). The van der Waals surface area contributed by atoms with Crippen LogP contribution in [0.3, 0.4) is 0 Å². The third-order valence-corrected chi connectivity index (χ3v) is 4.80. The van der Waals surface area contributed by atoms with Gasteiger partial charge in [0.15, 0.2) is 5.13 Å². The average Bonchev–Trinajstić information content (AvgIpc) is 2.89. The van der Waals surface area contributed by atoms with Crippen LogP contribution in [0.5, 0.6) is 0 Å². The molecule has 0 fully saturated rings. The first-order valence-corrected chi connectivity index (χ1v) is 8.16. The van der Waals surface area contributed by atoms with E-state index in [-0.39, 0.29) is 0 Å². The Balaban J connectivity index is 1.62. The molecule has 1 atom stereocenters. The second-order valence-corrected chi connectivity index (χ2v) is 6.31. The van der Waals surface area contributed by atoms with Gasteiger partial charge in [-0.15, -0.1) is 11.3 Å². The van der Waals surface area contributed by atoms with Crippen LogP contribution in [-0.4, -0.2) is 17.6 Å². The molecule has 20 heavy (non-hydrogen) atoms. The number of rotatable bonds is 5. The van der Waals surface area contributed by atoms with E-state index in [4.69, 9.17) is 4.98 Å². The molecular formula is C16H21N3S. The molecule has 0 saturated heterocycles. The van der Waals surface area contributed by atoms with Crippen LogP contribution < -0.4 is 10.6 Å². The van der Waals surface area contributed by atoms with Gasteiger partial charge in [-0.2, -0.15) is 0 Å². The highest BCUT2D eigenvalue weighted by molar-refractivity contribution is 7.15. The Kier molecular flexibility index (Phi) is 4.33. The second-order valence-electron chi connectivity index (χ2n) is 5.23. The lowest BCUT2D eigenvalue weighted by Gasteiger charge is -2.21. The predicted molar refractivity (Wildman–Crippen MR) is 85.4 cm³/mol. The number of aromatic nitrogens is 1. The molecular weight excluding hydrogens is 266 g/mol. The quantitative estimate of drug-likeness (QED) is 0.886. The topological polar surface area (TPSA) is 37.0 Å². The average molecular weight is 287 g/mol. The first-order valence-electron chi connectivity index (χ1n) is 7.35. The molecule has 0 aliphatic heterocycles. The number of fused-ring (bicyclic) bond motifs is 1. The van der Waals surface area contributed by atoms with E-state index >= 15 is 0 Å². The summed E-state index contributed by atoms with van der Waals surface area (Å²) in [4.78, 5) is 6.20. The minimum Gasteiger partial charge on any atom is -0.357 e. The van der Waals surface area contributed by atoms with E-state index in [1.807, 2.05) is 17.4 Å². The van der Waals surface area contributed by atoms with Crippen molar-refractivity contribution in [3.63, 3.8) is 0 Å². The molecule has 1 heterocycles. The lowest BCUT2D eigenvalue weighted by Crippen LogP contribution is -2.33. The summed E-state index contributed by atoms with van der Waals surface area (Å²) in [5.74, 6) is 0. The molecule has 106 valence electrons. The van der Waals surface area contributed by atoms with Gasteiger partial charge in [0.1, 0.15) is 0 Å². The maximum Gasteiger partial charge on any atom is 0.183 e. The number of nitrogens with zero attached hydrogens (tertiary/aromatic N) is 1. The molecule has 0 saturated carbocycles. The smallest absolute Gasteiger partial charge is 0.183 e. The SMILES string of the molecule is CCNC1CCc2nc(NCc3ccccc3)sc2C1. The monoisotopic (exact) mass is 287 g/mol. The summed E-state index contributed by atoms with van der Waals surface area (Å²) in [7, 11) is 0. The summed E-state index contributed by atoms with van der Waals surface area (Å²) >= 11 is 1.82. The molecule has 1 aromatic carbocycles. The van der Waals surface area contributed by atoms with E-state index in [2.05, 4.69) is 41.8 Å². The van der Waals surface area contributed by atoms with E-state index in [0.29, 0.717) is 6.04 Å². The fraction of sp³-hybridized carbons (Fsp3) is 0.438. The van der Waals surface area contributed by atoms with Crippen LogP contribution in [0.4, 0.5) is 5.13 Å². The van der Waals surface area contributed by atoms with Crippen molar-refractivity contribution in [1.29, 1.82) is 0 Å². The van der Waals surface area contributed by atoms with Gasteiger partial charge in [0.2, 0.25) is 0 Å². The van der Waals surface area contributed by atoms with Crippen LogP contribution >= 0.6 is 11.3 Å². The molecule has 0 bridgehead atoms. The maximum atomic E-state index is 4.74. The van der Waals surface area contributed by atoms with Gasteiger partial charge in [0, 0.05) is 17.5 Å². The second kappa shape index (κ2) is 6.37. The molecule has 2 N–H and O–H groups in total.